The molecular weight excluding hydrogens is 284 g/mol. The second-order valence-corrected chi connectivity index (χ2v) is 5.42. The first-order valence-corrected chi connectivity index (χ1v) is 7.69. The monoisotopic (exact) mass is 306 g/mol. The molecule has 1 aromatic rings. The van der Waals surface area contributed by atoms with E-state index in [0.29, 0.717) is 26.3 Å². The van der Waals surface area contributed by atoms with Crippen molar-refractivity contribution < 1.29 is 14.3 Å². The summed E-state index contributed by atoms with van der Waals surface area (Å²) in [4.78, 5) is 18.7. The number of pyridine rings is 1. The molecule has 1 amide bonds. The lowest BCUT2D eigenvalue weighted by Crippen LogP contribution is -2.51. The van der Waals surface area contributed by atoms with Gasteiger partial charge in [-0.1, -0.05) is 6.07 Å². The third-order valence-electron chi connectivity index (χ3n) is 3.85. The van der Waals surface area contributed by atoms with Gasteiger partial charge in [-0.05, 0) is 11.6 Å². The topological polar surface area (TPSA) is 75.7 Å². The molecule has 2 aliphatic rings. The van der Waals surface area contributed by atoms with Crippen molar-refractivity contribution in [3.63, 3.8) is 0 Å². The van der Waals surface area contributed by atoms with E-state index in [2.05, 4.69) is 20.5 Å². The number of ether oxygens (including phenoxy) is 2. The minimum atomic E-state index is -0.255. The zero-order valence-electron chi connectivity index (χ0n) is 12.6. The predicted octanol–water partition coefficient (Wildman–Crippen LogP) is -0.477. The number of carbonyl (C=O) groups is 1. The summed E-state index contributed by atoms with van der Waals surface area (Å²) in [7, 11) is 0. The Balaban J connectivity index is 1.49. The Kier molecular flexibility index (Phi) is 5.20. The molecule has 3 rings (SSSR count). The largest absolute Gasteiger partial charge is 0.378 e. The maximum absolute atomic E-state index is 12.0. The summed E-state index contributed by atoms with van der Waals surface area (Å²) in [6, 6.07) is 3.74. The minimum Gasteiger partial charge on any atom is -0.378 e. The first-order valence-electron chi connectivity index (χ1n) is 7.69. The molecule has 0 aliphatic carbocycles. The molecule has 3 heterocycles. The molecule has 0 bridgehead atoms. The average molecular weight is 306 g/mol. The van der Waals surface area contributed by atoms with Crippen LogP contribution in [0.15, 0.2) is 18.3 Å². The molecule has 2 fully saturated rings. The van der Waals surface area contributed by atoms with Gasteiger partial charge in [0, 0.05) is 32.4 Å². The number of hydrogen-bond acceptors (Lipinski definition) is 6. The van der Waals surface area contributed by atoms with Crippen LogP contribution >= 0.6 is 0 Å². The number of nitrogens with zero attached hydrogens (tertiary/aromatic N) is 2. The standard InChI is InChI=1S/C15H22N4O3/c20-15(13-11-22-6-3-16-13)18-10-12-1-2-14(17-9-12)19-4-7-21-8-5-19/h1-2,9,13,16H,3-8,10-11H2,(H,18,20). The van der Waals surface area contributed by atoms with Gasteiger partial charge in [0.2, 0.25) is 5.91 Å². The molecule has 0 saturated carbocycles. The van der Waals surface area contributed by atoms with Crippen LogP contribution in [0, 0.1) is 0 Å². The van der Waals surface area contributed by atoms with Gasteiger partial charge in [0.15, 0.2) is 0 Å². The summed E-state index contributed by atoms with van der Waals surface area (Å²) in [6.07, 6.45) is 1.82. The van der Waals surface area contributed by atoms with Crippen LogP contribution in [0.2, 0.25) is 0 Å². The van der Waals surface area contributed by atoms with E-state index in [0.717, 1.165) is 37.7 Å². The van der Waals surface area contributed by atoms with Crippen LogP contribution in [0.25, 0.3) is 0 Å². The van der Waals surface area contributed by atoms with Crippen molar-refractivity contribution in [3.05, 3.63) is 23.9 Å². The summed E-state index contributed by atoms with van der Waals surface area (Å²) in [5.41, 5.74) is 0.988. The van der Waals surface area contributed by atoms with Gasteiger partial charge in [0.05, 0.1) is 26.4 Å². The Morgan fingerprint density at radius 1 is 1.32 bits per heavy atom. The second-order valence-electron chi connectivity index (χ2n) is 5.42. The van der Waals surface area contributed by atoms with E-state index in [1.165, 1.54) is 0 Å². The van der Waals surface area contributed by atoms with Crippen molar-refractivity contribution >= 4 is 11.7 Å². The highest BCUT2D eigenvalue weighted by molar-refractivity contribution is 5.81. The average Bonchev–Trinajstić information content (AvgIpc) is 2.61. The number of rotatable bonds is 4. The summed E-state index contributed by atoms with van der Waals surface area (Å²) < 4.78 is 10.6. The molecule has 1 unspecified atom stereocenters. The Morgan fingerprint density at radius 3 is 2.86 bits per heavy atom. The zero-order chi connectivity index (χ0) is 15.2. The van der Waals surface area contributed by atoms with E-state index in [1.54, 1.807) is 0 Å². The molecule has 0 aromatic carbocycles. The van der Waals surface area contributed by atoms with Gasteiger partial charge >= 0.3 is 0 Å². The minimum absolute atomic E-state index is 0.0306. The first kappa shape index (κ1) is 15.2. The molecule has 7 heteroatoms. The first-order chi connectivity index (χ1) is 10.8. The lowest BCUT2D eigenvalue weighted by Gasteiger charge is -2.27. The third-order valence-corrected chi connectivity index (χ3v) is 3.85. The van der Waals surface area contributed by atoms with Gasteiger partial charge < -0.3 is 25.0 Å². The molecule has 7 nitrogen and oxygen atoms in total. The predicted molar refractivity (Wildman–Crippen MR) is 81.7 cm³/mol. The summed E-state index contributed by atoms with van der Waals surface area (Å²) in [6.45, 7) is 5.52. The summed E-state index contributed by atoms with van der Waals surface area (Å²) >= 11 is 0. The van der Waals surface area contributed by atoms with Crippen LogP contribution in [-0.4, -0.2) is 63.0 Å². The number of anilines is 1. The fourth-order valence-electron chi connectivity index (χ4n) is 2.55. The van der Waals surface area contributed by atoms with Crippen LogP contribution in [0.5, 0.6) is 0 Å². The third kappa shape index (κ3) is 3.94. The lowest BCUT2D eigenvalue weighted by atomic mass is 10.2. The quantitative estimate of drug-likeness (QED) is 0.783. The number of amides is 1. The lowest BCUT2D eigenvalue weighted by molar-refractivity contribution is -0.126. The summed E-state index contributed by atoms with van der Waals surface area (Å²) in [5.74, 6) is 0.928. The van der Waals surface area contributed by atoms with Crippen molar-refractivity contribution in [2.45, 2.75) is 12.6 Å². The molecule has 0 radical (unpaired) electrons. The van der Waals surface area contributed by atoms with Crippen LogP contribution in [0.4, 0.5) is 5.82 Å². The zero-order valence-corrected chi connectivity index (χ0v) is 12.6. The molecule has 1 atom stereocenters. The number of hydrogen-bond donors (Lipinski definition) is 2. The Morgan fingerprint density at radius 2 is 2.18 bits per heavy atom. The maximum atomic E-state index is 12.0. The maximum Gasteiger partial charge on any atom is 0.239 e. The highest BCUT2D eigenvalue weighted by Crippen LogP contribution is 2.13. The normalized spacial score (nSPS) is 22.4. The smallest absolute Gasteiger partial charge is 0.239 e. The van der Waals surface area contributed by atoms with Crippen molar-refractivity contribution in [1.29, 1.82) is 0 Å². The highest BCUT2D eigenvalue weighted by atomic mass is 16.5. The van der Waals surface area contributed by atoms with E-state index in [9.17, 15) is 4.79 Å². The van der Waals surface area contributed by atoms with Crippen molar-refractivity contribution in [2.24, 2.45) is 0 Å². The number of morpholine rings is 2. The fraction of sp³-hybridized carbons (Fsp3) is 0.600. The second kappa shape index (κ2) is 7.53. The fourth-order valence-corrected chi connectivity index (χ4v) is 2.55. The molecule has 120 valence electrons. The van der Waals surface area contributed by atoms with Crippen molar-refractivity contribution in [1.82, 2.24) is 15.6 Å². The van der Waals surface area contributed by atoms with E-state index in [4.69, 9.17) is 9.47 Å². The molecule has 2 N–H and O–H groups in total. The van der Waals surface area contributed by atoms with Crippen molar-refractivity contribution in [3.8, 4) is 0 Å². The molecule has 1 aromatic heterocycles. The van der Waals surface area contributed by atoms with E-state index in [-0.39, 0.29) is 11.9 Å². The Hall–Kier alpha value is -1.70. The van der Waals surface area contributed by atoms with Crippen LogP contribution in [0.1, 0.15) is 5.56 Å². The molecule has 22 heavy (non-hydrogen) atoms. The number of carbonyl (C=O) groups excluding carboxylic acids is 1. The molecular formula is C15H22N4O3. The Labute approximate surface area is 130 Å². The highest BCUT2D eigenvalue weighted by Gasteiger charge is 2.20. The van der Waals surface area contributed by atoms with E-state index < -0.39 is 0 Å². The molecule has 2 aliphatic heterocycles. The van der Waals surface area contributed by atoms with Crippen LogP contribution in [-0.2, 0) is 20.8 Å². The van der Waals surface area contributed by atoms with Gasteiger partial charge in [-0.3, -0.25) is 4.79 Å². The molecule has 0 spiro atoms. The Bertz CT molecular complexity index is 482. The van der Waals surface area contributed by atoms with Crippen molar-refractivity contribution in [2.75, 3.05) is 51.0 Å². The van der Waals surface area contributed by atoms with E-state index in [1.807, 2.05) is 18.3 Å². The van der Waals surface area contributed by atoms with Gasteiger partial charge in [-0.2, -0.15) is 0 Å². The van der Waals surface area contributed by atoms with Gasteiger partial charge in [0.1, 0.15) is 11.9 Å². The molecule has 2 saturated heterocycles. The van der Waals surface area contributed by atoms with E-state index >= 15 is 0 Å². The summed E-state index contributed by atoms with van der Waals surface area (Å²) in [5, 5.41) is 6.05. The van der Waals surface area contributed by atoms with Crippen LogP contribution in [0.3, 0.4) is 0 Å². The van der Waals surface area contributed by atoms with Gasteiger partial charge in [-0.15, -0.1) is 0 Å². The van der Waals surface area contributed by atoms with Gasteiger partial charge in [-0.25, -0.2) is 4.98 Å². The number of nitrogens with one attached hydrogen (secondary N) is 2. The van der Waals surface area contributed by atoms with Crippen LogP contribution < -0.4 is 15.5 Å². The SMILES string of the molecule is O=C(NCc1ccc(N2CCOCC2)nc1)C1COCCN1. The number of aromatic nitrogens is 1. The van der Waals surface area contributed by atoms with Gasteiger partial charge in [0.25, 0.3) is 0 Å².